The Hall–Kier alpha value is -1.01. The molecule has 0 spiro atoms. The van der Waals surface area contributed by atoms with Gasteiger partial charge in [0.2, 0.25) is 0 Å². The third-order valence-corrected chi connectivity index (χ3v) is 4.26. The van der Waals surface area contributed by atoms with Crippen LogP contribution in [-0.4, -0.2) is 30.6 Å². The van der Waals surface area contributed by atoms with E-state index in [0.717, 1.165) is 19.4 Å². The number of piperidine rings is 1. The summed E-state index contributed by atoms with van der Waals surface area (Å²) >= 11 is 3.07. The lowest BCUT2D eigenvalue weighted by atomic mass is 9.97. The van der Waals surface area contributed by atoms with E-state index in [4.69, 9.17) is 4.74 Å². The van der Waals surface area contributed by atoms with Gasteiger partial charge in [-0.25, -0.2) is 8.78 Å². The quantitative estimate of drug-likeness (QED) is 0.607. The number of nitrogens with zero attached hydrogens (tertiary/aromatic N) is 1. The van der Waals surface area contributed by atoms with Crippen molar-refractivity contribution in [3.05, 3.63) is 33.8 Å². The predicted molar refractivity (Wildman–Crippen MR) is 78.7 cm³/mol. The van der Waals surface area contributed by atoms with Gasteiger partial charge in [0, 0.05) is 18.7 Å². The van der Waals surface area contributed by atoms with Gasteiger partial charge < -0.3 is 4.74 Å². The molecule has 1 heterocycles. The molecule has 0 unspecified atom stereocenters. The minimum absolute atomic E-state index is 0.0360. The van der Waals surface area contributed by atoms with Crippen LogP contribution in [0.1, 0.15) is 25.3 Å². The number of halogens is 3. The first-order valence-corrected chi connectivity index (χ1v) is 7.83. The molecule has 1 saturated heterocycles. The SMILES string of the molecule is CCOC(=O)[C@@H]1CCCN(Cc2c(F)ccc(Br)c2F)C1. The Labute approximate surface area is 131 Å². The fourth-order valence-corrected chi connectivity index (χ4v) is 2.96. The van der Waals surface area contributed by atoms with Crippen molar-refractivity contribution in [3.63, 3.8) is 0 Å². The molecule has 116 valence electrons. The van der Waals surface area contributed by atoms with Gasteiger partial charge in [-0.05, 0) is 54.4 Å². The van der Waals surface area contributed by atoms with Gasteiger partial charge >= 0.3 is 5.97 Å². The molecule has 1 aromatic rings. The molecule has 0 aliphatic carbocycles. The molecule has 0 N–H and O–H groups in total. The Morgan fingerprint density at radius 2 is 2.24 bits per heavy atom. The van der Waals surface area contributed by atoms with E-state index in [2.05, 4.69) is 15.9 Å². The number of hydrogen-bond acceptors (Lipinski definition) is 3. The van der Waals surface area contributed by atoms with Crippen LogP contribution in [0.4, 0.5) is 8.78 Å². The zero-order chi connectivity index (χ0) is 15.4. The van der Waals surface area contributed by atoms with Crippen LogP contribution in [0.3, 0.4) is 0 Å². The van der Waals surface area contributed by atoms with Crippen LogP contribution in [0, 0.1) is 17.6 Å². The minimum atomic E-state index is -0.576. The number of carbonyl (C=O) groups is 1. The minimum Gasteiger partial charge on any atom is -0.466 e. The Morgan fingerprint density at radius 1 is 1.48 bits per heavy atom. The smallest absolute Gasteiger partial charge is 0.310 e. The van der Waals surface area contributed by atoms with E-state index in [1.54, 1.807) is 6.92 Å². The van der Waals surface area contributed by atoms with Gasteiger partial charge in [-0.15, -0.1) is 0 Å². The summed E-state index contributed by atoms with van der Waals surface area (Å²) in [4.78, 5) is 13.7. The maximum Gasteiger partial charge on any atom is 0.310 e. The Balaban J connectivity index is 2.06. The van der Waals surface area contributed by atoms with Gasteiger partial charge in [0.15, 0.2) is 0 Å². The Morgan fingerprint density at radius 3 is 2.95 bits per heavy atom. The molecule has 1 fully saturated rings. The second-order valence-corrected chi connectivity index (χ2v) is 6.00. The van der Waals surface area contributed by atoms with E-state index in [9.17, 15) is 13.6 Å². The molecule has 2 rings (SSSR count). The summed E-state index contributed by atoms with van der Waals surface area (Å²) < 4.78 is 33.0. The summed E-state index contributed by atoms with van der Waals surface area (Å²) in [5.74, 6) is -1.57. The van der Waals surface area contributed by atoms with Crippen LogP contribution >= 0.6 is 15.9 Å². The fourth-order valence-electron chi connectivity index (χ4n) is 2.59. The summed E-state index contributed by atoms with van der Waals surface area (Å²) in [5.41, 5.74) is 0.0360. The van der Waals surface area contributed by atoms with Crippen molar-refractivity contribution in [2.75, 3.05) is 19.7 Å². The Kier molecular flexibility index (Phi) is 5.70. The molecule has 3 nitrogen and oxygen atoms in total. The van der Waals surface area contributed by atoms with E-state index in [1.807, 2.05) is 4.90 Å². The summed E-state index contributed by atoms with van der Waals surface area (Å²) in [6.45, 7) is 3.48. The number of likely N-dealkylation sites (tertiary alicyclic amines) is 1. The van der Waals surface area contributed by atoms with Crippen LogP contribution in [0.25, 0.3) is 0 Å². The van der Waals surface area contributed by atoms with E-state index in [0.29, 0.717) is 13.2 Å². The number of hydrogen-bond donors (Lipinski definition) is 0. The van der Waals surface area contributed by atoms with E-state index >= 15 is 0 Å². The molecule has 0 bridgehead atoms. The highest BCUT2D eigenvalue weighted by Crippen LogP contribution is 2.25. The van der Waals surface area contributed by atoms with Crippen LogP contribution < -0.4 is 0 Å². The van der Waals surface area contributed by atoms with Crippen molar-refractivity contribution in [3.8, 4) is 0 Å². The number of esters is 1. The van der Waals surface area contributed by atoms with Crippen LogP contribution in [0.15, 0.2) is 16.6 Å². The van der Waals surface area contributed by atoms with Crippen molar-refractivity contribution >= 4 is 21.9 Å². The summed E-state index contributed by atoms with van der Waals surface area (Å²) in [5, 5.41) is 0. The van der Waals surface area contributed by atoms with Gasteiger partial charge in [0.25, 0.3) is 0 Å². The maximum absolute atomic E-state index is 14.0. The molecule has 21 heavy (non-hydrogen) atoms. The second-order valence-electron chi connectivity index (χ2n) is 5.15. The molecule has 0 radical (unpaired) electrons. The lowest BCUT2D eigenvalue weighted by Gasteiger charge is -2.31. The summed E-state index contributed by atoms with van der Waals surface area (Å²) in [7, 11) is 0. The molecule has 1 aliphatic heterocycles. The van der Waals surface area contributed by atoms with Gasteiger partial charge in [-0.1, -0.05) is 0 Å². The topological polar surface area (TPSA) is 29.5 Å². The first-order valence-electron chi connectivity index (χ1n) is 7.04. The predicted octanol–water partition coefficient (Wildman–Crippen LogP) is 3.50. The first-order chi connectivity index (χ1) is 10.0. The second kappa shape index (κ2) is 7.31. The molecule has 0 amide bonds. The zero-order valence-corrected chi connectivity index (χ0v) is 13.5. The highest BCUT2D eigenvalue weighted by Gasteiger charge is 2.28. The third kappa shape index (κ3) is 4.01. The molecular formula is C15H18BrF2NO2. The number of benzene rings is 1. The van der Waals surface area contributed by atoms with Crippen LogP contribution in [0.5, 0.6) is 0 Å². The third-order valence-electron chi connectivity index (χ3n) is 3.65. The molecule has 1 atom stereocenters. The molecule has 0 saturated carbocycles. The molecule has 6 heteroatoms. The monoisotopic (exact) mass is 361 g/mol. The largest absolute Gasteiger partial charge is 0.466 e. The highest BCUT2D eigenvalue weighted by atomic mass is 79.9. The standard InChI is InChI=1S/C15H18BrF2NO2/c1-2-21-15(20)10-4-3-7-19(8-10)9-11-13(17)6-5-12(16)14(11)18/h5-6,10H,2-4,7-9H2,1H3/t10-/m1/s1. The van der Waals surface area contributed by atoms with Gasteiger partial charge in [-0.3, -0.25) is 9.69 Å². The van der Waals surface area contributed by atoms with Crippen molar-refractivity contribution < 1.29 is 18.3 Å². The van der Waals surface area contributed by atoms with Gasteiger partial charge in [-0.2, -0.15) is 0 Å². The molecule has 0 aromatic heterocycles. The van der Waals surface area contributed by atoms with E-state index in [1.165, 1.54) is 12.1 Å². The summed E-state index contributed by atoms with van der Waals surface area (Å²) in [6, 6.07) is 2.60. The highest BCUT2D eigenvalue weighted by molar-refractivity contribution is 9.10. The van der Waals surface area contributed by atoms with Crippen molar-refractivity contribution in [2.24, 2.45) is 5.92 Å². The number of ether oxygens (including phenoxy) is 1. The fraction of sp³-hybridized carbons (Fsp3) is 0.533. The normalized spacial score (nSPS) is 19.5. The lowest BCUT2D eigenvalue weighted by molar-refractivity contribution is -0.150. The van der Waals surface area contributed by atoms with Crippen LogP contribution in [-0.2, 0) is 16.1 Å². The molecule has 1 aliphatic rings. The number of rotatable bonds is 4. The van der Waals surface area contributed by atoms with Gasteiger partial charge in [0.1, 0.15) is 11.6 Å². The molecular weight excluding hydrogens is 344 g/mol. The van der Waals surface area contributed by atoms with Crippen molar-refractivity contribution in [2.45, 2.75) is 26.3 Å². The number of carbonyl (C=O) groups excluding carboxylic acids is 1. The molecule has 1 aromatic carbocycles. The first kappa shape index (κ1) is 16.4. The van der Waals surface area contributed by atoms with E-state index in [-0.39, 0.29) is 28.5 Å². The maximum atomic E-state index is 14.0. The Bertz CT molecular complexity index is 525. The van der Waals surface area contributed by atoms with E-state index < -0.39 is 11.6 Å². The lowest BCUT2D eigenvalue weighted by Crippen LogP contribution is -2.39. The summed E-state index contributed by atoms with van der Waals surface area (Å²) in [6.07, 6.45) is 1.58. The van der Waals surface area contributed by atoms with Crippen molar-refractivity contribution in [1.29, 1.82) is 0 Å². The average molecular weight is 362 g/mol. The average Bonchev–Trinajstić information content (AvgIpc) is 2.48. The van der Waals surface area contributed by atoms with Crippen LogP contribution in [0.2, 0.25) is 0 Å². The zero-order valence-electron chi connectivity index (χ0n) is 11.9. The van der Waals surface area contributed by atoms with Crippen molar-refractivity contribution in [1.82, 2.24) is 4.90 Å². The van der Waals surface area contributed by atoms with Gasteiger partial charge in [0.05, 0.1) is 17.0 Å².